The number of carboxylic acids is 1. The molecular weight excluding hydrogens is 264 g/mol. The average molecular weight is 286 g/mol. The second-order valence-electron chi connectivity index (χ2n) is 5.91. The van der Waals surface area contributed by atoms with E-state index in [1.165, 1.54) is 11.8 Å². The molecule has 0 spiro atoms. The molecule has 1 aliphatic rings. The van der Waals surface area contributed by atoms with E-state index in [1.807, 2.05) is 0 Å². The molecule has 1 unspecified atom stereocenters. The Morgan fingerprint density at radius 2 is 1.95 bits per heavy atom. The number of ether oxygens (including phenoxy) is 1. The first-order valence-electron chi connectivity index (χ1n) is 6.57. The lowest BCUT2D eigenvalue weighted by Gasteiger charge is -2.30. The standard InChI is InChI=1S/C13H22N2O5/c1-9(16)14-6-5-10(7-14)15(8-11(17)18)12(19)20-13(2,3)4/h10H,5-8H2,1-4H3,(H,17,18). The van der Waals surface area contributed by atoms with Gasteiger partial charge in [-0.15, -0.1) is 0 Å². The van der Waals surface area contributed by atoms with Gasteiger partial charge in [0.25, 0.3) is 0 Å². The zero-order valence-corrected chi connectivity index (χ0v) is 12.4. The van der Waals surface area contributed by atoms with Crippen LogP contribution in [-0.2, 0) is 14.3 Å². The molecule has 0 bridgehead atoms. The van der Waals surface area contributed by atoms with Gasteiger partial charge >= 0.3 is 12.1 Å². The molecule has 0 aromatic heterocycles. The van der Waals surface area contributed by atoms with E-state index in [0.29, 0.717) is 19.5 Å². The van der Waals surface area contributed by atoms with E-state index in [2.05, 4.69) is 0 Å². The molecule has 0 aromatic rings. The lowest BCUT2D eigenvalue weighted by Crippen LogP contribution is -2.47. The highest BCUT2D eigenvalue weighted by molar-refractivity contribution is 5.78. The number of hydrogen-bond acceptors (Lipinski definition) is 4. The lowest BCUT2D eigenvalue weighted by molar-refractivity contribution is -0.138. The minimum Gasteiger partial charge on any atom is -0.480 e. The Hall–Kier alpha value is -1.79. The van der Waals surface area contributed by atoms with Gasteiger partial charge in [0, 0.05) is 20.0 Å². The predicted molar refractivity (Wildman–Crippen MR) is 71.2 cm³/mol. The van der Waals surface area contributed by atoms with Crippen molar-refractivity contribution < 1.29 is 24.2 Å². The Morgan fingerprint density at radius 3 is 2.35 bits per heavy atom. The molecular formula is C13H22N2O5. The number of nitrogens with zero attached hydrogens (tertiary/aromatic N) is 2. The van der Waals surface area contributed by atoms with Crippen LogP contribution in [0, 0.1) is 0 Å². The van der Waals surface area contributed by atoms with E-state index < -0.39 is 24.2 Å². The largest absolute Gasteiger partial charge is 0.480 e. The summed E-state index contributed by atoms with van der Waals surface area (Å²) in [5.74, 6) is -1.18. The highest BCUT2D eigenvalue weighted by Gasteiger charge is 2.35. The van der Waals surface area contributed by atoms with Gasteiger partial charge < -0.3 is 14.7 Å². The third-order valence-electron chi connectivity index (χ3n) is 2.98. The second kappa shape index (κ2) is 6.11. The fourth-order valence-corrected chi connectivity index (χ4v) is 2.09. The van der Waals surface area contributed by atoms with Gasteiger partial charge in [0.2, 0.25) is 5.91 Å². The van der Waals surface area contributed by atoms with Crippen LogP contribution >= 0.6 is 0 Å². The molecule has 0 aliphatic carbocycles. The van der Waals surface area contributed by atoms with Crippen LogP contribution in [0.2, 0.25) is 0 Å². The number of hydrogen-bond donors (Lipinski definition) is 1. The molecule has 7 nitrogen and oxygen atoms in total. The number of carbonyl (C=O) groups excluding carboxylic acids is 2. The summed E-state index contributed by atoms with van der Waals surface area (Å²) in [6.07, 6.45) is -0.0955. The van der Waals surface area contributed by atoms with Gasteiger partial charge in [-0.1, -0.05) is 0 Å². The molecule has 2 amide bonds. The maximum atomic E-state index is 12.1. The summed E-state index contributed by atoms with van der Waals surface area (Å²) in [7, 11) is 0. The van der Waals surface area contributed by atoms with Gasteiger partial charge in [-0.05, 0) is 27.2 Å². The summed E-state index contributed by atoms with van der Waals surface area (Å²) < 4.78 is 5.23. The Balaban J connectivity index is 2.77. The van der Waals surface area contributed by atoms with Crippen LogP contribution in [0.5, 0.6) is 0 Å². The molecule has 7 heteroatoms. The van der Waals surface area contributed by atoms with Crippen LogP contribution in [0.3, 0.4) is 0 Å². The highest BCUT2D eigenvalue weighted by atomic mass is 16.6. The van der Waals surface area contributed by atoms with Crippen molar-refractivity contribution in [2.45, 2.75) is 45.8 Å². The van der Waals surface area contributed by atoms with Crippen molar-refractivity contribution in [2.75, 3.05) is 19.6 Å². The third-order valence-corrected chi connectivity index (χ3v) is 2.98. The molecule has 1 rings (SSSR count). The first-order valence-corrected chi connectivity index (χ1v) is 6.57. The van der Waals surface area contributed by atoms with Gasteiger partial charge in [-0.25, -0.2) is 4.79 Å². The SMILES string of the molecule is CC(=O)N1CCC(N(CC(=O)O)C(=O)OC(C)(C)C)C1. The van der Waals surface area contributed by atoms with Crippen LogP contribution in [0.4, 0.5) is 4.79 Å². The summed E-state index contributed by atoms with van der Waals surface area (Å²) in [4.78, 5) is 37.1. The van der Waals surface area contributed by atoms with Gasteiger partial charge in [0.15, 0.2) is 0 Å². The van der Waals surface area contributed by atoms with Crippen LogP contribution in [-0.4, -0.2) is 64.2 Å². The Kier molecular flexibility index (Phi) is 4.97. The molecule has 0 saturated carbocycles. The Labute approximate surface area is 118 Å². The lowest BCUT2D eigenvalue weighted by atomic mass is 10.2. The third kappa shape index (κ3) is 4.71. The number of carboxylic acid groups (broad SMARTS) is 1. The van der Waals surface area contributed by atoms with Crippen LogP contribution in [0.25, 0.3) is 0 Å². The summed E-state index contributed by atoms with van der Waals surface area (Å²) in [6.45, 7) is 7.07. The van der Waals surface area contributed by atoms with E-state index in [9.17, 15) is 14.4 Å². The van der Waals surface area contributed by atoms with E-state index in [4.69, 9.17) is 9.84 Å². The minimum absolute atomic E-state index is 0.0769. The molecule has 0 radical (unpaired) electrons. The zero-order valence-electron chi connectivity index (χ0n) is 12.4. The normalized spacial score (nSPS) is 18.8. The van der Waals surface area contributed by atoms with Gasteiger partial charge in [-0.2, -0.15) is 0 Å². The monoisotopic (exact) mass is 286 g/mol. The number of rotatable bonds is 3. The molecule has 1 N–H and O–H groups in total. The van der Waals surface area contributed by atoms with E-state index in [0.717, 1.165) is 0 Å². The topological polar surface area (TPSA) is 87.2 Å². The van der Waals surface area contributed by atoms with Crippen LogP contribution in [0.1, 0.15) is 34.1 Å². The summed E-state index contributed by atoms with van der Waals surface area (Å²) >= 11 is 0. The summed E-state index contributed by atoms with van der Waals surface area (Å²) in [5.41, 5.74) is -0.688. The van der Waals surface area contributed by atoms with E-state index in [-0.39, 0.29) is 11.9 Å². The van der Waals surface area contributed by atoms with Crippen molar-refractivity contribution in [3.8, 4) is 0 Å². The summed E-state index contributed by atoms with van der Waals surface area (Å²) in [5, 5.41) is 8.94. The van der Waals surface area contributed by atoms with Crippen LogP contribution < -0.4 is 0 Å². The second-order valence-corrected chi connectivity index (χ2v) is 5.91. The molecule has 1 fully saturated rings. The molecule has 1 saturated heterocycles. The quantitative estimate of drug-likeness (QED) is 0.834. The predicted octanol–water partition coefficient (Wildman–Crippen LogP) is 0.929. The fraction of sp³-hybridized carbons (Fsp3) is 0.769. The first-order chi connectivity index (χ1) is 9.10. The van der Waals surface area contributed by atoms with Gasteiger partial charge in [0.05, 0.1) is 6.04 Å². The van der Waals surface area contributed by atoms with E-state index in [1.54, 1.807) is 25.7 Å². The van der Waals surface area contributed by atoms with Crippen molar-refractivity contribution in [3.05, 3.63) is 0 Å². The average Bonchev–Trinajstić information content (AvgIpc) is 2.71. The summed E-state index contributed by atoms with van der Waals surface area (Å²) in [6, 6.07) is -0.315. The first kappa shape index (κ1) is 16.3. The van der Waals surface area contributed by atoms with Crippen molar-refractivity contribution in [1.82, 2.24) is 9.80 Å². The van der Waals surface area contributed by atoms with Crippen molar-refractivity contribution >= 4 is 18.0 Å². The molecule has 0 aromatic carbocycles. The fourth-order valence-electron chi connectivity index (χ4n) is 2.09. The minimum atomic E-state index is -1.10. The molecule has 1 heterocycles. The Bertz CT molecular complexity index is 402. The molecule has 1 aliphatic heterocycles. The van der Waals surface area contributed by atoms with Gasteiger partial charge in [0.1, 0.15) is 12.1 Å². The Morgan fingerprint density at radius 1 is 1.35 bits per heavy atom. The van der Waals surface area contributed by atoms with E-state index >= 15 is 0 Å². The zero-order chi connectivity index (χ0) is 15.5. The highest BCUT2D eigenvalue weighted by Crippen LogP contribution is 2.19. The van der Waals surface area contributed by atoms with Crippen molar-refractivity contribution in [3.63, 3.8) is 0 Å². The van der Waals surface area contributed by atoms with Gasteiger partial charge in [-0.3, -0.25) is 14.5 Å². The van der Waals surface area contributed by atoms with Crippen molar-refractivity contribution in [1.29, 1.82) is 0 Å². The number of amides is 2. The molecule has 1 atom stereocenters. The maximum Gasteiger partial charge on any atom is 0.411 e. The molecule has 114 valence electrons. The van der Waals surface area contributed by atoms with Crippen LogP contribution in [0.15, 0.2) is 0 Å². The number of likely N-dealkylation sites (tertiary alicyclic amines) is 1. The van der Waals surface area contributed by atoms with Crippen molar-refractivity contribution in [2.24, 2.45) is 0 Å². The smallest absolute Gasteiger partial charge is 0.411 e. The number of carbonyl (C=O) groups is 3. The number of aliphatic carboxylic acids is 1. The maximum absolute atomic E-state index is 12.1. The molecule has 20 heavy (non-hydrogen) atoms.